The van der Waals surface area contributed by atoms with E-state index in [9.17, 15) is 48.3 Å². The first-order valence-electron chi connectivity index (χ1n) is 26.3. The van der Waals surface area contributed by atoms with Crippen LogP contribution < -0.4 is 36.6 Å². The number of fused-ring (bicyclic) bond motifs is 5. The number of likely N-dealkylation sites (N-methyl/N-ethyl adjacent to an activating group) is 1. The molecule has 2 fully saturated rings. The van der Waals surface area contributed by atoms with E-state index in [1.165, 1.54) is 44.8 Å². The molecule has 2 saturated heterocycles. The van der Waals surface area contributed by atoms with Gasteiger partial charge in [0.25, 0.3) is 11.8 Å². The highest BCUT2D eigenvalue weighted by Gasteiger charge is 2.64. The number of thioether (sulfide) groups is 1. The van der Waals surface area contributed by atoms with Gasteiger partial charge in [0, 0.05) is 82.9 Å². The fraction of sp³-hybridized carbons (Fsp3) is 0.611. The zero-order valence-electron chi connectivity index (χ0n) is 46.0. The topological polar surface area (TPSA) is 298 Å². The maximum Gasteiger partial charge on any atom is 0.409 e. The minimum atomic E-state index is -1.70. The van der Waals surface area contributed by atoms with Crippen molar-refractivity contribution in [2.45, 2.75) is 134 Å². The second-order valence-corrected chi connectivity index (χ2v) is 22.0. The van der Waals surface area contributed by atoms with Crippen molar-refractivity contribution in [1.29, 1.82) is 0 Å². The van der Waals surface area contributed by atoms with E-state index in [0.29, 0.717) is 43.0 Å². The Labute approximate surface area is 465 Å². The Bertz CT molecular complexity index is 2490. The maximum absolute atomic E-state index is 14.5. The van der Waals surface area contributed by atoms with E-state index in [1.54, 1.807) is 45.1 Å². The Morgan fingerprint density at radius 1 is 1.05 bits per heavy atom. The minimum absolute atomic E-state index is 0.00531. The Morgan fingerprint density at radius 3 is 2.41 bits per heavy atom. The van der Waals surface area contributed by atoms with Crippen molar-refractivity contribution in [2.24, 2.45) is 23.5 Å². The molecule has 1 aromatic carbocycles. The van der Waals surface area contributed by atoms with Crippen molar-refractivity contribution >= 4 is 82.5 Å². The minimum Gasteiger partial charge on any atom is -0.495 e. The van der Waals surface area contributed by atoms with Crippen LogP contribution in [0.1, 0.15) is 91.5 Å². The summed E-state index contributed by atoms with van der Waals surface area (Å²) in [4.78, 5) is 123. The molecule has 1 aromatic rings. The fourth-order valence-electron chi connectivity index (χ4n) is 9.58. The Hall–Kier alpha value is -6.01. The summed E-state index contributed by atoms with van der Waals surface area (Å²) in [5, 5.41) is 22.8. The quantitative estimate of drug-likeness (QED) is 0.0421. The van der Waals surface area contributed by atoms with E-state index >= 15 is 0 Å². The van der Waals surface area contributed by atoms with Gasteiger partial charge in [-0.2, -0.15) is 11.8 Å². The average molecular weight is 1130 g/mol. The largest absolute Gasteiger partial charge is 0.495 e. The molecule has 430 valence electrons. The van der Waals surface area contributed by atoms with Gasteiger partial charge in [0.2, 0.25) is 29.5 Å². The number of nitrogens with zero attached hydrogens (tertiary/aromatic N) is 3. The number of esters is 1. The standard InChI is InChI=1S/C54H77ClN8O14S/c1-31-13-12-14-32(2)54(73)30-40(75-52(72)60-54)33(3)48-53(5,77-48)41(29-46(68)62(7)38-26-35(25-31)27-39(74-8)47(38)55)76-51(71)34(4)61(6)45(67)28-36(19-24-78-9)49(69)59-37(15-10-11-20-56)50(70)58-22-21-57-42(64)18-23-63-43(65)16-17-44(63)66/h12-14,16-17,26-27,32-34,36-37,40-41,48,73H,10-11,15,18-25,28-30,56H2,1-9H3,(H,57,64)(H,58,70)(H,59,69)(H,60,72)/b14-12+,31-13+/t32?,33?,34-,36?,37?,40?,41?,48?,53?,54?/m0/s1. The summed E-state index contributed by atoms with van der Waals surface area (Å²) in [5.74, 6) is -5.75. The Morgan fingerprint density at radius 2 is 1.74 bits per heavy atom. The summed E-state index contributed by atoms with van der Waals surface area (Å²) in [7, 11) is 4.40. The molecule has 4 heterocycles. The third kappa shape index (κ3) is 16.3. The first-order chi connectivity index (χ1) is 36.9. The molecule has 0 aromatic heterocycles. The number of alkyl carbamates (subject to hydrolysis) is 1. The molecule has 8 amide bonds. The van der Waals surface area contributed by atoms with Crippen LogP contribution in [0.3, 0.4) is 0 Å². The van der Waals surface area contributed by atoms with Gasteiger partial charge in [-0.1, -0.05) is 49.2 Å². The number of ether oxygens (including phenoxy) is 4. The first-order valence-corrected chi connectivity index (χ1v) is 28.0. The lowest BCUT2D eigenvalue weighted by Gasteiger charge is -2.41. The molecule has 0 spiro atoms. The molecule has 9 unspecified atom stereocenters. The Kier molecular flexibility index (Phi) is 22.7. The molecule has 0 saturated carbocycles. The molecular weight excluding hydrogens is 1050 g/mol. The van der Waals surface area contributed by atoms with E-state index in [4.69, 9.17) is 36.3 Å². The molecule has 0 aliphatic carbocycles. The predicted octanol–water partition coefficient (Wildman–Crippen LogP) is 3.06. The molecule has 10 atom stereocenters. The molecule has 4 bridgehead atoms. The van der Waals surface area contributed by atoms with Gasteiger partial charge < -0.3 is 55.5 Å². The SMILES string of the molecule is COc1cc2cc(c1Cl)N(C)C(=O)CC(OC(=O)[C@H](C)N(C)C(=O)CC(CCSC)C(=O)NC(CCCCN)C(=O)NCCNC(=O)CCN1C(=O)C=CC1=O)C1(C)OC1C(C)C1CC(O)(NC(=O)O1)C(C)/C=C/C=C(\C)C2. The lowest BCUT2D eigenvalue weighted by molar-refractivity contribution is -0.162. The number of halogens is 1. The number of amides is 8. The monoisotopic (exact) mass is 1130 g/mol. The number of epoxide rings is 1. The summed E-state index contributed by atoms with van der Waals surface area (Å²) in [6, 6.07) is 1.28. The highest BCUT2D eigenvalue weighted by molar-refractivity contribution is 7.98. The number of rotatable bonds is 22. The van der Waals surface area contributed by atoms with Crippen LogP contribution in [-0.4, -0.2) is 169 Å². The number of hydrogen-bond acceptors (Lipinski definition) is 16. The van der Waals surface area contributed by atoms with Crippen LogP contribution in [0.2, 0.25) is 5.02 Å². The number of unbranched alkanes of at least 4 members (excludes halogenated alkanes) is 1. The van der Waals surface area contributed by atoms with Gasteiger partial charge in [0.15, 0.2) is 0 Å². The molecule has 7 N–H and O–H groups in total. The molecule has 4 aliphatic heterocycles. The lowest BCUT2D eigenvalue weighted by Crippen LogP contribution is -2.60. The number of hydrogen-bond donors (Lipinski definition) is 6. The molecule has 0 radical (unpaired) electrons. The van der Waals surface area contributed by atoms with E-state index in [1.807, 2.05) is 19.3 Å². The highest BCUT2D eigenvalue weighted by atomic mass is 35.5. The molecular formula is C54H77ClN8O14S. The van der Waals surface area contributed by atoms with Gasteiger partial charge in [-0.15, -0.1) is 0 Å². The van der Waals surface area contributed by atoms with E-state index in [2.05, 4.69) is 21.3 Å². The molecule has 5 rings (SSSR count). The van der Waals surface area contributed by atoms with Gasteiger partial charge in [-0.05, 0) is 89.1 Å². The zero-order chi connectivity index (χ0) is 57.6. The number of nitrogens with two attached hydrogens (primary N) is 1. The van der Waals surface area contributed by atoms with Crippen molar-refractivity contribution in [3.8, 4) is 5.75 Å². The number of allylic oxidation sites excluding steroid dienone is 3. The Balaban J connectivity index is 1.31. The van der Waals surface area contributed by atoms with Crippen LogP contribution in [-0.2, 0) is 59.0 Å². The molecule has 78 heavy (non-hydrogen) atoms. The summed E-state index contributed by atoms with van der Waals surface area (Å²) >= 11 is 8.30. The smallest absolute Gasteiger partial charge is 0.409 e. The van der Waals surface area contributed by atoms with Crippen LogP contribution in [0.25, 0.3) is 0 Å². The maximum atomic E-state index is 14.5. The van der Waals surface area contributed by atoms with Gasteiger partial charge in [0.1, 0.15) is 46.4 Å². The summed E-state index contributed by atoms with van der Waals surface area (Å²) in [6.45, 7) is 8.90. The van der Waals surface area contributed by atoms with Crippen LogP contribution >= 0.6 is 23.4 Å². The number of nitrogens with one attached hydrogen (secondary N) is 4. The van der Waals surface area contributed by atoms with E-state index < -0.39 is 119 Å². The molecule has 4 aliphatic rings. The first kappa shape index (κ1) is 62.8. The number of anilines is 1. The summed E-state index contributed by atoms with van der Waals surface area (Å²) in [6.07, 6.45) is 6.96. The average Bonchev–Trinajstić information content (AvgIpc) is 4.17. The number of methoxy groups -OCH3 is 1. The number of benzene rings is 1. The molecule has 24 heteroatoms. The summed E-state index contributed by atoms with van der Waals surface area (Å²) < 4.78 is 23.9. The molecule has 22 nitrogen and oxygen atoms in total. The third-order valence-electron chi connectivity index (χ3n) is 14.9. The number of carbonyl (C=O) groups is 9. The number of imide groups is 1. The van der Waals surface area contributed by atoms with Crippen molar-refractivity contribution in [3.05, 3.63) is 58.7 Å². The zero-order valence-corrected chi connectivity index (χ0v) is 47.6. The van der Waals surface area contributed by atoms with Crippen LogP contribution in [0.15, 0.2) is 48.1 Å². The van der Waals surface area contributed by atoms with Crippen LogP contribution in [0.5, 0.6) is 5.75 Å². The van der Waals surface area contributed by atoms with Crippen molar-refractivity contribution < 1.29 is 67.2 Å². The van der Waals surface area contributed by atoms with E-state index in [0.717, 1.165) is 33.1 Å². The van der Waals surface area contributed by atoms with Gasteiger partial charge in [0.05, 0.1) is 25.3 Å². The van der Waals surface area contributed by atoms with Crippen LogP contribution in [0.4, 0.5) is 10.5 Å². The second-order valence-electron chi connectivity index (χ2n) is 20.6. The van der Waals surface area contributed by atoms with E-state index in [-0.39, 0.29) is 56.8 Å². The normalized spacial score (nSPS) is 26.5. The second kappa shape index (κ2) is 28.2. The van der Waals surface area contributed by atoms with Crippen molar-refractivity contribution in [3.63, 3.8) is 0 Å². The fourth-order valence-corrected chi connectivity index (χ4v) is 10.4. The van der Waals surface area contributed by atoms with Crippen LogP contribution in [0, 0.1) is 17.8 Å². The highest BCUT2D eigenvalue weighted by Crippen LogP contribution is 2.49. The predicted molar refractivity (Wildman–Crippen MR) is 292 cm³/mol. The van der Waals surface area contributed by atoms with Gasteiger partial charge in [-0.25, -0.2) is 9.59 Å². The third-order valence-corrected chi connectivity index (χ3v) is 15.9. The van der Waals surface area contributed by atoms with Crippen molar-refractivity contribution in [2.75, 3.05) is 64.3 Å². The number of aliphatic hydroxyl groups is 1. The van der Waals surface area contributed by atoms with Crippen molar-refractivity contribution in [1.82, 2.24) is 31.1 Å². The number of carbonyl (C=O) groups excluding carboxylic acids is 9. The summed E-state index contributed by atoms with van der Waals surface area (Å²) in [5.41, 5.74) is 4.73. The lowest BCUT2D eigenvalue weighted by atomic mass is 9.82. The van der Waals surface area contributed by atoms with Gasteiger partial charge in [-0.3, -0.25) is 43.8 Å². The van der Waals surface area contributed by atoms with Gasteiger partial charge >= 0.3 is 12.1 Å².